The van der Waals surface area contributed by atoms with Gasteiger partial charge < -0.3 is 10.0 Å². The molecule has 0 aliphatic carbocycles. The average Bonchev–Trinajstić information content (AvgIpc) is 2.41. The third kappa shape index (κ3) is 2.76. The molecule has 0 bridgehead atoms. The molecule has 1 aliphatic rings. The molecule has 1 fully saturated rings. The first-order chi connectivity index (χ1) is 8.66. The van der Waals surface area contributed by atoms with Gasteiger partial charge in [0.05, 0.1) is 5.60 Å². The summed E-state index contributed by atoms with van der Waals surface area (Å²) < 4.78 is 0. The molecule has 1 aromatic carbocycles. The zero-order valence-corrected chi connectivity index (χ0v) is 11.6. The van der Waals surface area contributed by atoms with E-state index >= 15 is 0 Å². The van der Waals surface area contributed by atoms with Crippen LogP contribution in [0.2, 0.25) is 0 Å². The Morgan fingerprint density at radius 3 is 2.72 bits per heavy atom. The van der Waals surface area contributed by atoms with Crippen molar-refractivity contribution in [2.24, 2.45) is 5.92 Å². The quantitative estimate of drug-likeness (QED) is 0.884. The second kappa shape index (κ2) is 5.85. The van der Waals surface area contributed by atoms with Crippen molar-refractivity contribution in [2.45, 2.75) is 38.2 Å². The number of hydrogen-bond acceptors (Lipinski definition) is 2. The van der Waals surface area contributed by atoms with Crippen molar-refractivity contribution in [2.75, 3.05) is 20.1 Å². The maximum atomic E-state index is 11.1. The Kier molecular flexibility index (Phi) is 4.41. The van der Waals surface area contributed by atoms with Gasteiger partial charge in [-0.05, 0) is 25.5 Å². The molecule has 0 aromatic heterocycles. The Morgan fingerprint density at radius 2 is 2.06 bits per heavy atom. The fourth-order valence-electron chi connectivity index (χ4n) is 3.07. The van der Waals surface area contributed by atoms with Crippen molar-refractivity contribution < 1.29 is 5.11 Å². The molecule has 1 N–H and O–H groups in total. The van der Waals surface area contributed by atoms with Crippen molar-refractivity contribution in [1.29, 1.82) is 0 Å². The highest BCUT2D eigenvalue weighted by Gasteiger charge is 2.41. The van der Waals surface area contributed by atoms with E-state index in [1.165, 1.54) is 12.8 Å². The largest absolute Gasteiger partial charge is 0.385 e. The molecule has 18 heavy (non-hydrogen) atoms. The minimum absolute atomic E-state index is 0.360. The summed E-state index contributed by atoms with van der Waals surface area (Å²) in [6.07, 6.45) is 4.37. The molecular weight excluding hydrogens is 222 g/mol. The normalized spacial score (nSPS) is 29.4. The molecule has 100 valence electrons. The predicted molar refractivity (Wildman–Crippen MR) is 75.5 cm³/mol. The fraction of sp³-hybridized carbons (Fsp3) is 0.625. The monoisotopic (exact) mass is 247 g/mol. The Bertz CT molecular complexity index is 365. The molecule has 0 unspecified atom stereocenters. The highest BCUT2D eigenvalue weighted by Crippen LogP contribution is 2.39. The van der Waals surface area contributed by atoms with Crippen molar-refractivity contribution in [3.63, 3.8) is 0 Å². The molecule has 0 spiro atoms. The van der Waals surface area contributed by atoms with Crippen molar-refractivity contribution >= 4 is 0 Å². The number of likely N-dealkylation sites (tertiary alicyclic amines) is 1. The van der Waals surface area contributed by atoms with Crippen LogP contribution in [0.25, 0.3) is 0 Å². The summed E-state index contributed by atoms with van der Waals surface area (Å²) in [7, 11) is 2.16. The average molecular weight is 247 g/mol. The van der Waals surface area contributed by atoms with Gasteiger partial charge in [0.2, 0.25) is 0 Å². The van der Waals surface area contributed by atoms with Crippen LogP contribution in [0.3, 0.4) is 0 Å². The maximum Gasteiger partial charge on any atom is 0.0948 e. The molecule has 2 atom stereocenters. The number of benzene rings is 1. The fourth-order valence-corrected chi connectivity index (χ4v) is 3.07. The van der Waals surface area contributed by atoms with Crippen molar-refractivity contribution in [3.8, 4) is 0 Å². The van der Waals surface area contributed by atoms with Crippen LogP contribution in [0.1, 0.15) is 38.2 Å². The second-order valence-electron chi connectivity index (χ2n) is 5.64. The maximum absolute atomic E-state index is 11.1. The number of rotatable bonds is 4. The van der Waals surface area contributed by atoms with Gasteiger partial charge in [0.15, 0.2) is 0 Å². The van der Waals surface area contributed by atoms with Crippen LogP contribution in [0.5, 0.6) is 0 Å². The molecule has 1 aliphatic heterocycles. The van der Waals surface area contributed by atoms with Gasteiger partial charge in [-0.25, -0.2) is 0 Å². The lowest BCUT2D eigenvalue weighted by molar-refractivity contribution is -0.0766. The summed E-state index contributed by atoms with van der Waals surface area (Å²) in [5.74, 6) is 0.360. The third-order valence-corrected chi connectivity index (χ3v) is 4.26. The van der Waals surface area contributed by atoms with Crippen molar-refractivity contribution in [1.82, 2.24) is 4.90 Å². The summed E-state index contributed by atoms with van der Waals surface area (Å²) in [6.45, 7) is 4.20. The molecule has 0 radical (unpaired) electrons. The van der Waals surface area contributed by atoms with Crippen LogP contribution in [0, 0.1) is 5.92 Å². The Balaban J connectivity index is 2.21. The van der Waals surface area contributed by atoms with E-state index in [1.807, 2.05) is 18.2 Å². The zero-order chi connectivity index (χ0) is 13.0. The Hall–Kier alpha value is -0.860. The summed E-state index contributed by atoms with van der Waals surface area (Å²) in [6, 6.07) is 10.2. The molecule has 0 saturated carbocycles. The predicted octanol–water partition coefficient (Wildman–Crippen LogP) is 3.02. The van der Waals surface area contributed by atoms with Crippen LogP contribution < -0.4 is 0 Å². The van der Waals surface area contributed by atoms with E-state index < -0.39 is 5.60 Å². The number of piperidine rings is 1. The van der Waals surface area contributed by atoms with Gasteiger partial charge in [-0.15, -0.1) is 0 Å². The van der Waals surface area contributed by atoms with E-state index in [9.17, 15) is 5.11 Å². The van der Waals surface area contributed by atoms with Gasteiger partial charge >= 0.3 is 0 Å². The van der Waals surface area contributed by atoms with E-state index in [2.05, 4.69) is 31.0 Å². The Morgan fingerprint density at radius 1 is 1.33 bits per heavy atom. The second-order valence-corrected chi connectivity index (χ2v) is 5.64. The summed E-state index contributed by atoms with van der Waals surface area (Å²) in [4.78, 5) is 2.34. The lowest BCUT2D eigenvalue weighted by Crippen LogP contribution is -2.48. The van der Waals surface area contributed by atoms with E-state index in [0.717, 1.165) is 31.5 Å². The first-order valence-corrected chi connectivity index (χ1v) is 7.13. The van der Waals surface area contributed by atoms with Crippen molar-refractivity contribution in [3.05, 3.63) is 35.9 Å². The summed E-state index contributed by atoms with van der Waals surface area (Å²) >= 11 is 0. The van der Waals surface area contributed by atoms with Crippen LogP contribution >= 0.6 is 0 Å². The van der Waals surface area contributed by atoms with Crippen LogP contribution in [0.4, 0.5) is 0 Å². The van der Waals surface area contributed by atoms with Gasteiger partial charge in [0.1, 0.15) is 0 Å². The first kappa shape index (κ1) is 13.6. The van der Waals surface area contributed by atoms with E-state index in [4.69, 9.17) is 0 Å². The molecule has 0 amide bonds. The molecular formula is C16H25NO. The number of nitrogens with zero attached hydrogens (tertiary/aromatic N) is 1. The molecule has 2 nitrogen and oxygen atoms in total. The minimum atomic E-state index is -0.622. The molecule has 1 aromatic rings. The third-order valence-electron chi connectivity index (χ3n) is 4.26. The molecule has 1 saturated heterocycles. The Labute approximate surface area is 111 Å². The lowest BCUT2D eigenvalue weighted by atomic mass is 9.74. The number of aliphatic hydroxyl groups is 1. The van der Waals surface area contributed by atoms with Gasteiger partial charge in [0.25, 0.3) is 0 Å². The SMILES string of the molecule is CCCC[C@@H]1CN(C)CC[C@@]1(O)c1ccccc1. The number of hydrogen-bond donors (Lipinski definition) is 1. The van der Waals surface area contributed by atoms with E-state index in [0.29, 0.717) is 5.92 Å². The first-order valence-electron chi connectivity index (χ1n) is 7.13. The van der Waals surface area contributed by atoms with E-state index in [1.54, 1.807) is 0 Å². The smallest absolute Gasteiger partial charge is 0.0948 e. The molecule has 1 heterocycles. The summed E-state index contributed by atoms with van der Waals surface area (Å²) in [5, 5.41) is 11.1. The standard InChI is InChI=1S/C16H25NO/c1-3-4-8-15-13-17(2)12-11-16(15,18)14-9-6-5-7-10-14/h5-7,9-10,15,18H,3-4,8,11-13H2,1-2H3/t15-,16-/m1/s1. The minimum Gasteiger partial charge on any atom is -0.385 e. The van der Waals surface area contributed by atoms with Crippen LogP contribution in [-0.4, -0.2) is 30.1 Å². The lowest BCUT2D eigenvalue weighted by Gasteiger charge is -2.44. The van der Waals surface area contributed by atoms with Gasteiger partial charge in [-0.1, -0.05) is 50.1 Å². The van der Waals surface area contributed by atoms with Gasteiger partial charge in [0, 0.05) is 19.0 Å². The van der Waals surface area contributed by atoms with Crippen LogP contribution in [-0.2, 0) is 5.60 Å². The van der Waals surface area contributed by atoms with Gasteiger partial charge in [-0.3, -0.25) is 0 Å². The zero-order valence-electron chi connectivity index (χ0n) is 11.6. The highest BCUT2D eigenvalue weighted by atomic mass is 16.3. The topological polar surface area (TPSA) is 23.5 Å². The highest BCUT2D eigenvalue weighted by molar-refractivity contribution is 5.24. The van der Waals surface area contributed by atoms with E-state index in [-0.39, 0.29) is 0 Å². The molecule has 2 rings (SSSR count). The van der Waals surface area contributed by atoms with Crippen LogP contribution in [0.15, 0.2) is 30.3 Å². The molecule has 2 heteroatoms. The van der Waals surface area contributed by atoms with Gasteiger partial charge in [-0.2, -0.15) is 0 Å². The number of unbranched alkanes of at least 4 members (excludes halogenated alkanes) is 1. The summed E-state index contributed by atoms with van der Waals surface area (Å²) in [5.41, 5.74) is 0.474.